The van der Waals surface area contributed by atoms with E-state index in [9.17, 15) is 4.39 Å². The number of nitrogens with zero attached hydrogens (tertiary/aromatic N) is 4. The van der Waals surface area contributed by atoms with E-state index in [0.29, 0.717) is 23.0 Å². The van der Waals surface area contributed by atoms with Crippen molar-refractivity contribution >= 4 is 16.7 Å². The Bertz CT molecular complexity index is 1080. The van der Waals surface area contributed by atoms with Gasteiger partial charge in [-0.3, -0.25) is 0 Å². The third-order valence-electron chi connectivity index (χ3n) is 6.34. The smallest absolute Gasteiger partial charge is 0.261 e. The molecule has 34 heavy (non-hydrogen) atoms. The molecule has 7 nitrogen and oxygen atoms in total. The van der Waals surface area contributed by atoms with Crippen LogP contribution in [0.3, 0.4) is 0 Å². The van der Waals surface area contributed by atoms with Gasteiger partial charge in [-0.15, -0.1) is 0 Å². The number of benzene rings is 1. The third kappa shape index (κ3) is 5.91. The van der Waals surface area contributed by atoms with E-state index in [2.05, 4.69) is 28.9 Å². The van der Waals surface area contributed by atoms with Crippen molar-refractivity contribution in [2.24, 2.45) is 11.7 Å². The van der Waals surface area contributed by atoms with E-state index in [1.165, 1.54) is 0 Å². The molecule has 0 aliphatic carbocycles. The second-order valence-corrected chi connectivity index (χ2v) is 8.78. The molecule has 1 aromatic carbocycles. The minimum Gasteiger partial charge on any atom is -0.381 e. The number of pyridine rings is 1. The van der Waals surface area contributed by atoms with Crippen molar-refractivity contribution in [3.63, 3.8) is 0 Å². The van der Waals surface area contributed by atoms with Crippen LogP contribution in [-0.2, 0) is 11.2 Å². The second kappa shape index (κ2) is 12.2. The molecule has 1 aliphatic rings. The summed E-state index contributed by atoms with van der Waals surface area (Å²) in [5, 5.41) is 4.73. The predicted octanol–water partition coefficient (Wildman–Crippen LogP) is 5.21. The number of fused-ring (bicyclic) bond motifs is 1. The Morgan fingerprint density at radius 1 is 1.12 bits per heavy atom. The van der Waals surface area contributed by atoms with Crippen molar-refractivity contribution < 1.29 is 13.7 Å². The van der Waals surface area contributed by atoms with E-state index < -0.39 is 0 Å². The van der Waals surface area contributed by atoms with Gasteiger partial charge in [-0.25, -0.2) is 9.37 Å². The molecule has 2 N–H and O–H groups in total. The average molecular weight is 472 g/mol. The maximum Gasteiger partial charge on any atom is 0.261 e. The van der Waals surface area contributed by atoms with Gasteiger partial charge in [-0.1, -0.05) is 19.0 Å². The van der Waals surface area contributed by atoms with Gasteiger partial charge in [0, 0.05) is 31.7 Å². The Hall–Kier alpha value is -2.58. The van der Waals surface area contributed by atoms with Gasteiger partial charge in [-0.2, -0.15) is 4.98 Å². The highest BCUT2D eigenvalue weighted by Gasteiger charge is 2.23. The van der Waals surface area contributed by atoms with E-state index in [4.69, 9.17) is 20.0 Å². The summed E-state index contributed by atoms with van der Waals surface area (Å²) in [7, 11) is 0. The lowest BCUT2D eigenvalue weighted by Crippen LogP contribution is -2.25. The van der Waals surface area contributed by atoms with Gasteiger partial charge in [0.25, 0.3) is 5.89 Å². The highest BCUT2D eigenvalue weighted by molar-refractivity contribution is 5.93. The minimum absolute atomic E-state index is 0.287. The first-order valence-corrected chi connectivity index (χ1v) is 12.4. The summed E-state index contributed by atoms with van der Waals surface area (Å²) in [6.45, 7) is 14.2. The Labute approximate surface area is 201 Å². The number of halogens is 1. The predicted molar refractivity (Wildman–Crippen MR) is 135 cm³/mol. The van der Waals surface area contributed by atoms with E-state index in [0.717, 1.165) is 86.5 Å². The number of ether oxygens (including phenoxy) is 1. The molecule has 1 saturated heterocycles. The first kappa shape index (κ1) is 26.0. The van der Waals surface area contributed by atoms with Crippen LogP contribution in [0.2, 0.25) is 0 Å². The van der Waals surface area contributed by atoms with E-state index in [-0.39, 0.29) is 5.82 Å². The van der Waals surface area contributed by atoms with Gasteiger partial charge in [0.15, 0.2) is 5.82 Å². The zero-order valence-corrected chi connectivity index (χ0v) is 21.2. The summed E-state index contributed by atoms with van der Waals surface area (Å²) in [6, 6.07) is 3.58. The first-order chi connectivity index (χ1) is 16.4. The van der Waals surface area contributed by atoms with Crippen LogP contribution >= 0.6 is 0 Å². The normalized spacial score (nSPS) is 14.2. The van der Waals surface area contributed by atoms with Crippen molar-refractivity contribution in [1.82, 2.24) is 15.1 Å². The number of anilines is 1. The highest BCUT2D eigenvalue weighted by atomic mass is 19.1. The fourth-order valence-corrected chi connectivity index (χ4v) is 4.27. The number of rotatable bonds is 7. The zero-order valence-electron chi connectivity index (χ0n) is 21.2. The number of nitrogens with two attached hydrogens (primary N) is 1. The molecule has 3 aromatic rings. The van der Waals surface area contributed by atoms with Gasteiger partial charge in [-0.05, 0) is 82.2 Å². The van der Waals surface area contributed by atoms with Crippen molar-refractivity contribution in [3.05, 3.63) is 34.9 Å². The lowest BCUT2D eigenvalue weighted by molar-refractivity contribution is 0.0688. The van der Waals surface area contributed by atoms with Gasteiger partial charge in [0.2, 0.25) is 0 Å². The van der Waals surface area contributed by atoms with Crippen LogP contribution in [0.5, 0.6) is 0 Å². The Kier molecular flexibility index (Phi) is 9.36. The van der Waals surface area contributed by atoms with Crippen LogP contribution in [0.15, 0.2) is 16.7 Å². The Morgan fingerprint density at radius 2 is 1.85 bits per heavy atom. The summed E-state index contributed by atoms with van der Waals surface area (Å²) >= 11 is 0. The zero-order chi connectivity index (χ0) is 24.7. The summed E-state index contributed by atoms with van der Waals surface area (Å²) < 4.78 is 25.4. The topological polar surface area (TPSA) is 90.3 Å². The van der Waals surface area contributed by atoms with Crippen molar-refractivity contribution in [2.45, 2.75) is 60.3 Å². The lowest BCUT2D eigenvalue weighted by atomic mass is 10.00. The number of aromatic nitrogens is 3. The quantitative estimate of drug-likeness (QED) is 0.506. The van der Waals surface area contributed by atoms with Crippen LogP contribution in [0.25, 0.3) is 22.4 Å². The molecule has 3 heterocycles. The average Bonchev–Trinajstić information content (AvgIpc) is 3.29. The molecule has 0 bridgehead atoms. The van der Waals surface area contributed by atoms with Crippen molar-refractivity contribution in [1.29, 1.82) is 0 Å². The molecule has 0 amide bonds. The fraction of sp³-hybridized carbons (Fsp3) is 0.577. The summed E-state index contributed by atoms with van der Waals surface area (Å²) in [5.74, 6) is 2.15. The minimum atomic E-state index is -0.287. The maximum absolute atomic E-state index is 14.8. The molecule has 0 radical (unpaired) electrons. The van der Waals surface area contributed by atoms with Crippen LogP contribution in [-0.4, -0.2) is 48.0 Å². The molecule has 0 unspecified atom stereocenters. The van der Waals surface area contributed by atoms with E-state index >= 15 is 0 Å². The van der Waals surface area contributed by atoms with Gasteiger partial charge in [0.05, 0.1) is 5.56 Å². The summed E-state index contributed by atoms with van der Waals surface area (Å²) in [5.41, 5.74) is 8.49. The number of aryl methyl sites for hydroxylation is 3. The molecule has 186 valence electrons. The standard InChI is InChI=1S/C20H25FN4O.C6H13NO/c1-6-9-25(8-3)19-17(20-22-13(5)24-26-20)12(4)15-10-14(7-2)11-16(21)18(15)23-19;7-5-6-1-3-8-4-2-6/h10-11H,6-9H2,1-5H3;6H,1-5,7H2. The summed E-state index contributed by atoms with van der Waals surface area (Å²) in [4.78, 5) is 11.3. The van der Waals surface area contributed by atoms with Crippen LogP contribution in [0, 0.1) is 25.6 Å². The Morgan fingerprint density at radius 3 is 2.38 bits per heavy atom. The van der Waals surface area contributed by atoms with E-state index in [1.807, 2.05) is 19.9 Å². The molecular formula is C26H38FN5O2. The van der Waals surface area contributed by atoms with Crippen LogP contribution in [0.4, 0.5) is 10.2 Å². The SMILES string of the molecule is CCCN(CC)c1nc2c(F)cc(CC)cc2c(C)c1-c1nc(C)no1.NCC1CCOCC1. The number of hydrogen-bond acceptors (Lipinski definition) is 7. The van der Waals surface area contributed by atoms with Crippen molar-refractivity contribution in [2.75, 3.05) is 37.7 Å². The van der Waals surface area contributed by atoms with E-state index in [1.54, 1.807) is 13.0 Å². The molecule has 2 aromatic heterocycles. The fourth-order valence-electron chi connectivity index (χ4n) is 4.27. The monoisotopic (exact) mass is 471 g/mol. The first-order valence-electron chi connectivity index (χ1n) is 12.4. The van der Waals surface area contributed by atoms with Gasteiger partial charge in [0.1, 0.15) is 17.2 Å². The van der Waals surface area contributed by atoms with Crippen LogP contribution in [0.1, 0.15) is 57.0 Å². The third-order valence-corrected chi connectivity index (χ3v) is 6.34. The molecular weight excluding hydrogens is 433 g/mol. The maximum atomic E-state index is 14.8. The molecule has 1 fully saturated rings. The van der Waals surface area contributed by atoms with Gasteiger partial charge < -0.3 is 19.9 Å². The summed E-state index contributed by atoms with van der Waals surface area (Å²) in [6.07, 6.45) is 4.05. The lowest BCUT2D eigenvalue weighted by Gasteiger charge is -2.25. The molecule has 0 saturated carbocycles. The second-order valence-electron chi connectivity index (χ2n) is 8.78. The molecule has 4 rings (SSSR count). The largest absolute Gasteiger partial charge is 0.381 e. The van der Waals surface area contributed by atoms with Crippen molar-refractivity contribution in [3.8, 4) is 11.5 Å². The molecule has 0 spiro atoms. The molecule has 8 heteroatoms. The Balaban J connectivity index is 0.000000343. The van der Waals surface area contributed by atoms with Gasteiger partial charge >= 0.3 is 0 Å². The highest BCUT2D eigenvalue weighted by Crippen LogP contribution is 2.37. The van der Waals surface area contributed by atoms with Crippen LogP contribution < -0.4 is 10.6 Å². The molecule has 0 atom stereocenters. The number of hydrogen-bond donors (Lipinski definition) is 1. The molecule has 1 aliphatic heterocycles.